The lowest BCUT2D eigenvalue weighted by molar-refractivity contribution is 0.0972. The van der Waals surface area contributed by atoms with Crippen molar-refractivity contribution in [1.82, 2.24) is 4.57 Å². The molecule has 1 aromatic heterocycles. The Morgan fingerprint density at radius 1 is 1.32 bits per heavy atom. The number of nitrogens with zero attached hydrogens (tertiary/aromatic N) is 1. The lowest BCUT2D eigenvalue weighted by Gasteiger charge is -2.17. The molecular weight excluding hydrogens is 333 g/mol. The summed E-state index contributed by atoms with van der Waals surface area (Å²) < 4.78 is 15.7. The third-order valence-electron chi connectivity index (χ3n) is 3.33. The molecule has 0 fully saturated rings. The molecular formula is C14H10BrClFNO. The van der Waals surface area contributed by atoms with Gasteiger partial charge in [0, 0.05) is 28.3 Å². The first-order chi connectivity index (χ1) is 9.08. The van der Waals surface area contributed by atoms with Crippen LogP contribution < -0.4 is 0 Å². The lowest BCUT2D eigenvalue weighted by atomic mass is 9.97. The van der Waals surface area contributed by atoms with Gasteiger partial charge in [0.1, 0.15) is 5.82 Å². The molecule has 3 rings (SSSR count). The van der Waals surface area contributed by atoms with Crippen LogP contribution in [0, 0.1) is 5.82 Å². The Bertz CT molecular complexity index is 657. The first-order valence-corrected chi connectivity index (χ1v) is 7.13. The van der Waals surface area contributed by atoms with E-state index in [4.69, 9.17) is 11.6 Å². The highest BCUT2D eigenvalue weighted by molar-refractivity contribution is 9.10. The van der Waals surface area contributed by atoms with Crippen LogP contribution in [0.25, 0.3) is 5.69 Å². The van der Waals surface area contributed by atoms with Gasteiger partial charge >= 0.3 is 0 Å². The highest BCUT2D eigenvalue weighted by atomic mass is 79.9. The minimum atomic E-state index is -0.391. The number of Topliss-reactive ketones (excluding diaryl/α,β-unsaturated/α-hetero) is 1. The van der Waals surface area contributed by atoms with E-state index in [2.05, 4.69) is 15.9 Å². The van der Waals surface area contributed by atoms with Gasteiger partial charge in [-0.05, 0) is 47.0 Å². The lowest BCUT2D eigenvalue weighted by Crippen LogP contribution is -2.12. The van der Waals surface area contributed by atoms with E-state index in [0.29, 0.717) is 21.6 Å². The van der Waals surface area contributed by atoms with Crippen LogP contribution in [0.5, 0.6) is 0 Å². The van der Waals surface area contributed by atoms with Crippen molar-refractivity contribution in [2.24, 2.45) is 0 Å². The predicted octanol–water partition coefficient (Wildman–Crippen LogP) is 4.55. The maximum Gasteiger partial charge on any atom is 0.164 e. The number of rotatable bonds is 1. The summed E-state index contributed by atoms with van der Waals surface area (Å²) in [5.74, 6) is -0.230. The molecule has 98 valence electrons. The molecule has 0 spiro atoms. The number of carbonyl (C=O) groups excluding carboxylic acids is 1. The van der Waals surface area contributed by atoms with Crippen LogP contribution >= 0.6 is 27.5 Å². The standard InChI is InChI=1S/C14H10BrClFNO/c15-10-6-8(17)7-11(16)14(10)18-5-4-9-12(18)2-1-3-13(9)19/h4-7H,1-3H2. The molecule has 1 heterocycles. The first kappa shape index (κ1) is 12.9. The van der Waals surface area contributed by atoms with Crippen molar-refractivity contribution < 1.29 is 9.18 Å². The van der Waals surface area contributed by atoms with Gasteiger partial charge in [0.2, 0.25) is 0 Å². The summed E-state index contributed by atoms with van der Waals surface area (Å²) in [5.41, 5.74) is 2.38. The predicted molar refractivity (Wildman–Crippen MR) is 75.7 cm³/mol. The van der Waals surface area contributed by atoms with E-state index in [1.165, 1.54) is 12.1 Å². The summed E-state index contributed by atoms with van der Waals surface area (Å²) in [4.78, 5) is 11.8. The topological polar surface area (TPSA) is 22.0 Å². The van der Waals surface area contributed by atoms with Crippen LogP contribution in [0.3, 0.4) is 0 Å². The maximum absolute atomic E-state index is 13.3. The van der Waals surface area contributed by atoms with Gasteiger partial charge < -0.3 is 4.57 Å². The van der Waals surface area contributed by atoms with Gasteiger partial charge in [0.25, 0.3) is 0 Å². The van der Waals surface area contributed by atoms with Crippen LogP contribution in [0.15, 0.2) is 28.9 Å². The number of aromatic nitrogens is 1. The zero-order valence-electron chi connectivity index (χ0n) is 9.92. The Balaban J connectivity index is 2.21. The van der Waals surface area contributed by atoms with E-state index >= 15 is 0 Å². The van der Waals surface area contributed by atoms with E-state index < -0.39 is 5.82 Å². The Labute approximate surface area is 123 Å². The third kappa shape index (κ3) is 2.13. The minimum absolute atomic E-state index is 0.161. The van der Waals surface area contributed by atoms with Gasteiger partial charge in [-0.15, -0.1) is 0 Å². The number of carbonyl (C=O) groups is 1. The molecule has 2 nitrogen and oxygen atoms in total. The van der Waals surface area contributed by atoms with Crippen molar-refractivity contribution in [3.05, 3.63) is 51.0 Å². The van der Waals surface area contributed by atoms with Gasteiger partial charge in [0.05, 0.1) is 10.7 Å². The Morgan fingerprint density at radius 2 is 2.11 bits per heavy atom. The summed E-state index contributed by atoms with van der Waals surface area (Å²) in [6, 6.07) is 4.46. The fraction of sp³-hybridized carbons (Fsp3) is 0.214. The van der Waals surface area contributed by atoms with E-state index in [1.807, 2.05) is 16.8 Å². The third-order valence-corrected chi connectivity index (χ3v) is 4.22. The molecule has 1 aromatic carbocycles. The van der Waals surface area contributed by atoms with Crippen molar-refractivity contribution in [3.63, 3.8) is 0 Å². The van der Waals surface area contributed by atoms with E-state index in [0.717, 1.165) is 24.1 Å². The van der Waals surface area contributed by atoms with Crippen molar-refractivity contribution in [2.45, 2.75) is 19.3 Å². The molecule has 1 aliphatic carbocycles. The van der Waals surface area contributed by atoms with Gasteiger partial charge in [-0.3, -0.25) is 4.79 Å². The normalized spacial score (nSPS) is 14.6. The molecule has 1 aliphatic rings. The Morgan fingerprint density at radius 3 is 2.84 bits per heavy atom. The highest BCUT2D eigenvalue weighted by Gasteiger charge is 2.23. The molecule has 0 saturated carbocycles. The second-order valence-electron chi connectivity index (χ2n) is 4.54. The smallest absolute Gasteiger partial charge is 0.164 e. The van der Waals surface area contributed by atoms with Gasteiger partial charge in [-0.1, -0.05) is 11.6 Å². The molecule has 19 heavy (non-hydrogen) atoms. The fourth-order valence-corrected chi connectivity index (χ4v) is 3.53. The molecule has 0 amide bonds. The summed E-state index contributed by atoms with van der Waals surface area (Å²) in [5, 5.41) is 0.322. The molecule has 0 atom stereocenters. The molecule has 0 unspecified atom stereocenters. The summed E-state index contributed by atoms with van der Waals surface area (Å²) in [7, 11) is 0. The van der Waals surface area contributed by atoms with E-state index in [9.17, 15) is 9.18 Å². The molecule has 0 radical (unpaired) electrons. The maximum atomic E-state index is 13.3. The Kier molecular flexibility index (Phi) is 3.23. The van der Waals surface area contributed by atoms with Crippen LogP contribution in [0.1, 0.15) is 28.9 Å². The van der Waals surface area contributed by atoms with Crippen LogP contribution in [-0.2, 0) is 6.42 Å². The highest BCUT2D eigenvalue weighted by Crippen LogP contribution is 2.34. The van der Waals surface area contributed by atoms with Crippen molar-refractivity contribution in [2.75, 3.05) is 0 Å². The number of hydrogen-bond donors (Lipinski definition) is 0. The second-order valence-corrected chi connectivity index (χ2v) is 5.80. The molecule has 5 heteroatoms. The molecule has 0 aliphatic heterocycles. The molecule has 0 saturated heterocycles. The SMILES string of the molecule is O=C1CCCc2c1ccn2-c1c(Cl)cc(F)cc1Br. The zero-order valence-corrected chi connectivity index (χ0v) is 12.3. The minimum Gasteiger partial charge on any atom is -0.318 e. The molecule has 2 aromatic rings. The number of hydrogen-bond acceptors (Lipinski definition) is 1. The van der Waals surface area contributed by atoms with Crippen molar-refractivity contribution in [1.29, 1.82) is 0 Å². The summed E-state index contributed by atoms with van der Waals surface area (Å²) >= 11 is 9.46. The van der Waals surface area contributed by atoms with E-state index in [1.54, 1.807) is 0 Å². The van der Waals surface area contributed by atoms with Gasteiger partial charge in [-0.2, -0.15) is 0 Å². The number of halogens is 3. The van der Waals surface area contributed by atoms with Crippen LogP contribution in [-0.4, -0.2) is 10.4 Å². The van der Waals surface area contributed by atoms with Crippen molar-refractivity contribution in [3.8, 4) is 5.69 Å². The quantitative estimate of drug-likeness (QED) is 0.745. The van der Waals surface area contributed by atoms with Crippen LogP contribution in [0.2, 0.25) is 5.02 Å². The zero-order chi connectivity index (χ0) is 13.6. The van der Waals surface area contributed by atoms with Gasteiger partial charge in [-0.25, -0.2) is 4.39 Å². The van der Waals surface area contributed by atoms with Crippen LogP contribution in [0.4, 0.5) is 4.39 Å². The first-order valence-electron chi connectivity index (χ1n) is 5.96. The Hall–Kier alpha value is -1.13. The molecule has 0 bridgehead atoms. The monoisotopic (exact) mass is 341 g/mol. The number of ketones is 1. The largest absolute Gasteiger partial charge is 0.318 e. The number of fused-ring (bicyclic) bond motifs is 1. The average Bonchev–Trinajstić information content (AvgIpc) is 2.73. The summed E-state index contributed by atoms with van der Waals surface area (Å²) in [6.07, 6.45) is 4.08. The molecule has 0 N–H and O–H groups in total. The second kappa shape index (κ2) is 4.76. The van der Waals surface area contributed by atoms with E-state index in [-0.39, 0.29) is 5.78 Å². The average molecular weight is 343 g/mol. The summed E-state index contributed by atoms with van der Waals surface area (Å²) in [6.45, 7) is 0. The number of benzene rings is 1. The van der Waals surface area contributed by atoms with Crippen molar-refractivity contribution >= 4 is 33.3 Å². The van der Waals surface area contributed by atoms with Gasteiger partial charge in [0.15, 0.2) is 5.78 Å². The fourth-order valence-electron chi connectivity index (χ4n) is 2.50.